The maximum absolute atomic E-state index is 11.7. The van der Waals surface area contributed by atoms with Crippen LogP contribution in [0.15, 0.2) is 11.1 Å². The fourth-order valence-electron chi connectivity index (χ4n) is 2.23. The van der Waals surface area contributed by atoms with Gasteiger partial charge in [0.25, 0.3) is 5.91 Å². The highest BCUT2D eigenvalue weighted by Crippen LogP contribution is 2.17. The van der Waals surface area contributed by atoms with Crippen LogP contribution in [0.3, 0.4) is 0 Å². The molecule has 4 heteroatoms. The first-order valence-corrected chi connectivity index (χ1v) is 7.80. The van der Waals surface area contributed by atoms with E-state index in [1.54, 1.807) is 0 Å². The minimum atomic E-state index is -0.141. The summed E-state index contributed by atoms with van der Waals surface area (Å²) >= 11 is 0. The molecule has 0 spiro atoms. The van der Waals surface area contributed by atoms with Gasteiger partial charge in [-0.25, -0.2) is 5.84 Å². The van der Waals surface area contributed by atoms with E-state index in [1.807, 2.05) is 6.92 Å². The number of carbonyl (C=O) groups is 2. The number of unbranched alkanes of at least 4 members (excludes halogenated alkanes) is 7. The van der Waals surface area contributed by atoms with Crippen molar-refractivity contribution in [1.82, 2.24) is 5.43 Å². The summed E-state index contributed by atoms with van der Waals surface area (Å²) in [7, 11) is 0. The molecule has 0 aromatic heterocycles. The van der Waals surface area contributed by atoms with Gasteiger partial charge in [-0.2, -0.15) is 0 Å². The maximum Gasteiger partial charge on any atom is 0.261 e. The Labute approximate surface area is 123 Å². The molecule has 116 valence electrons. The Kier molecular flexibility index (Phi) is 12.1. The fraction of sp³-hybridized carbons (Fsp3) is 0.750. The van der Waals surface area contributed by atoms with E-state index in [1.165, 1.54) is 19.3 Å². The highest BCUT2D eigenvalue weighted by molar-refractivity contribution is 5.93. The SMILES string of the molecule is CCC(C)=C(CCCCCCCCCC=O)C(=O)NN. The number of allylic oxidation sites excluding steroid dienone is 1. The van der Waals surface area contributed by atoms with Crippen LogP contribution >= 0.6 is 0 Å². The number of amides is 1. The lowest BCUT2D eigenvalue weighted by molar-refractivity contribution is -0.117. The molecule has 0 heterocycles. The Morgan fingerprint density at radius 3 is 2.10 bits per heavy atom. The van der Waals surface area contributed by atoms with Crippen molar-refractivity contribution < 1.29 is 9.59 Å². The van der Waals surface area contributed by atoms with Crippen LogP contribution in [-0.4, -0.2) is 12.2 Å². The molecule has 0 aliphatic carbocycles. The highest BCUT2D eigenvalue weighted by Gasteiger charge is 2.10. The number of carbonyl (C=O) groups excluding carboxylic acids is 2. The molecule has 0 aliphatic rings. The molecule has 4 nitrogen and oxygen atoms in total. The van der Waals surface area contributed by atoms with Crippen LogP contribution in [0.2, 0.25) is 0 Å². The molecule has 0 atom stereocenters. The molecule has 0 saturated carbocycles. The molecule has 3 N–H and O–H groups in total. The van der Waals surface area contributed by atoms with Crippen LogP contribution in [0.25, 0.3) is 0 Å². The van der Waals surface area contributed by atoms with Crippen LogP contribution in [0.1, 0.15) is 78.1 Å². The first-order chi connectivity index (χ1) is 9.67. The first-order valence-electron chi connectivity index (χ1n) is 7.80. The predicted octanol–water partition coefficient (Wildman–Crippen LogP) is 3.41. The summed E-state index contributed by atoms with van der Waals surface area (Å²) in [5.74, 6) is 5.08. The zero-order valence-corrected chi connectivity index (χ0v) is 13.0. The Morgan fingerprint density at radius 1 is 1.05 bits per heavy atom. The Morgan fingerprint density at radius 2 is 1.60 bits per heavy atom. The van der Waals surface area contributed by atoms with Crippen LogP contribution in [0.4, 0.5) is 0 Å². The number of hydrazine groups is 1. The maximum atomic E-state index is 11.7. The van der Waals surface area contributed by atoms with Gasteiger partial charge >= 0.3 is 0 Å². The van der Waals surface area contributed by atoms with Crippen LogP contribution in [0, 0.1) is 0 Å². The molecule has 0 bridgehead atoms. The van der Waals surface area contributed by atoms with Crippen molar-refractivity contribution in [2.45, 2.75) is 78.1 Å². The van der Waals surface area contributed by atoms with E-state index >= 15 is 0 Å². The number of hydrogen-bond donors (Lipinski definition) is 2. The molecule has 0 fully saturated rings. The number of aldehydes is 1. The Bertz CT molecular complexity index is 312. The standard InChI is InChI=1S/C16H30N2O2/c1-3-14(2)15(16(20)18-17)12-10-8-6-4-5-7-9-11-13-19/h13H,3-12,17H2,1-2H3,(H,18,20). The van der Waals surface area contributed by atoms with Crippen molar-refractivity contribution in [3.63, 3.8) is 0 Å². The summed E-state index contributed by atoms with van der Waals surface area (Å²) in [6, 6.07) is 0. The van der Waals surface area contributed by atoms with Gasteiger partial charge in [-0.3, -0.25) is 10.2 Å². The quantitative estimate of drug-likeness (QED) is 0.144. The number of rotatable bonds is 12. The van der Waals surface area contributed by atoms with Crippen molar-refractivity contribution in [3.8, 4) is 0 Å². The molecular weight excluding hydrogens is 252 g/mol. The van der Waals surface area contributed by atoms with Gasteiger partial charge in [0.15, 0.2) is 0 Å². The first kappa shape index (κ1) is 18.8. The van der Waals surface area contributed by atoms with Crippen molar-refractivity contribution in [3.05, 3.63) is 11.1 Å². The zero-order valence-electron chi connectivity index (χ0n) is 13.0. The summed E-state index contributed by atoms with van der Waals surface area (Å²) in [6.45, 7) is 4.05. The lowest BCUT2D eigenvalue weighted by atomic mass is 9.99. The lowest BCUT2D eigenvalue weighted by Gasteiger charge is -2.09. The Hall–Kier alpha value is -1.16. The number of hydrogen-bond acceptors (Lipinski definition) is 3. The average Bonchev–Trinajstić information content (AvgIpc) is 2.48. The van der Waals surface area contributed by atoms with Gasteiger partial charge in [0.2, 0.25) is 0 Å². The average molecular weight is 282 g/mol. The van der Waals surface area contributed by atoms with Crippen LogP contribution < -0.4 is 11.3 Å². The largest absolute Gasteiger partial charge is 0.303 e. The van der Waals surface area contributed by atoms with E-state index in [9.17, 15) is 9.59 Å². The number of nitrogens with two attached hydrogens (primary N) is 1. The van der Waals surface area contributed by atoms with Gasteiger partial charge in [0, 0.05) is 12.0 Å². The Balaban J connectivity index is 3.75. The third kappa shape index (κ3) is 8.86. The van der Waals surface area contributed by atoms with E-state index in [-0.39, 0.29) is 5.91 Å². The second kappa shape index (κ2) is 12.9. The molecule has 0 aromatic rings. The fourth-order valence-corrected chi connectivity index (χ4v) is 2.23. The summed E-state index contributed by atoms with van der Waals surface area (Å²) < 4.78 is 0. The van der Waals surface area contributed by atoms with Gasteiger partial charge in [-0.1, -0.05) is 44.6 Å². The third-order valence-electron chi connectivity index (χ3n) is 3.70. The summed E-state index contributed by atoms with van der Waals surface area (Å²) in [5, 5.41) is 0. The molecule has 1 amide bonds. The molecule has 0 aliphatic heterocycles. The van der Waals surface area contributed by atoms with Crippen molar-refractivity contribution >= 4 is 12.2 Å². The summed E-state index contributed by atoms with van der Waals surface area (Å²) in [4.78, 5) is 21.8. The number of nitrogens with one attached hydrogen (secondary N) is 1. The van der Waals surface area contributed by atoms with Crippen molar-refractivity contribution in [2.75, 3.05) is 0 Å². The molecular formula is C16H30N2O2. The lowest BCUT2D eigenvalue weighted by Crippen LogP contribution is -2.32. The topological polar surface area (TPSA) is 72.2 Å². The van der Waals surface area contributed by atoms with Gasteiger partial charge in [0.05, 0.1) is 0 Å². The van der Waals surface area contributed by atoms with E-state index < -0.39 is 0 Å². The van der Waals surface area contributed by atoms with Crippen molar-refractivity contribution in [2.24, 2.45) is 5.84 Å². The monoisotopic (exact) mass is 282 g/mol. The molecule has 0 unspecified atom stereocenters. The van der Waals surface area contributed by atoms with Gasteiger partial charge in [0.1, 0.15) is 6.29 Å². The van der Waals surface area contributed by atoms with E-state index in [2.05, 4.69) is 12.3 Å². The van der Waals surface area contributed by atoms with Gasteiger partial charge in [-0.05, 0) is 32.6 Å². The molecule has 20 heavy (non-hydrogen) atoms. The zero-order chi connectivity index (χ0) is 15.2. The third-order valence-corrected chi connectivity index (χ3v) is 3.70. The van der Waals surface area contributed by atoms with Crippen LogP contribution in [0.5, 0.6) is 0 Å². The van der Waals surface area contributed by atoms with E-state index in [0.29, 0.717) is 6.42 Å². The summed E-state index contributed by atoms with van der Waals surface area (Å²) in [6.07, 6.45) is 11.3. The smallest absolute Gasteiger partial charge is 0.261 e. The molecule has 0 radical (unpaired) electrons. The van der Waals surface area contributed by atoms with E-state index in [0.717, 1.165) is 56.0 Å². The highest BCUT2D eigenvalue weighted by atomic mass is 16.2. The minimum Gasteiger partial charge on any atom is -0.303 e. The normalized spacial score (nSPS) is 11.9. The second-order valence-corrected chi connectivity index (χ2v) is 5.27. The molecule has 0 rings (SSSR count). The van der Waals surface area contributed by atoms with Crippen LogP contribution in [-0.2, 0) is 9.59 Å². The second-order valence-electron chi connectivity index (χ2n) is 5.27. The summed E-state index contributed by atoms with van der Waals surface area (Å²) in [5.41, 5.74) is 4.21. The van der Waals surface area contributed by atoms with Crippen molar-refractivity contribution in [1.29, 1.82) is 0 Å². The van der Waals surface area contributed by atoms with Gasteiger partial charge in [-0.15, -0.1) is 0 Å². The minimum absolute atomic E-state index is 0.141. The van der Waals surface area contributed by atoms with Gasteiger partial charge < -0.3 is 4.79 Å². The molecule has 0 aromatic carbocycles. The van der Waals surface area contributed by atoms with E-state index in [4.69, 9.17) is 5.84 Å². The molecule has 0 saturated heterocycles. The predicted molar refractivity (Wildman–Crippen MR) is 82.9 cm³/mol.